The van der Waals surface area contributed by atoms with E-state index in [1.165, 1.54) is 23.1 Å². The third-order valence-corrected chi connectivity index (χ3v) is 7.14. The van der Waals surface area contributed by atoms with Gasteiger partial charge in [-0.3, -0.25) is 19.1 Å². The molecule has 1 aliphatic heterocycles. The molecule has 0 spiro atoms. The SMILES string of the molecule is CCN1C(=O)c2cc(C(=O)NCCC3=CCCCC3)nn2CC1(C)C(=O)NC1CCCC1. The third kappa shape index (κ3) is 4.45. The summed E-state index contributed by atoms with van der Waals surface area (Å²) in [6.45, 7) is 4.87. The number of rotatable bonds is 7. The second-order valence-corrected chi connectivity index (χ2v) is 9.46. The van der Waals surface area contributed by atoms with Gasteiger partial charge in [0.1, 0.15) is 11.2 Å². The first-order valence-electron chi connectivity index (χ1n) is 12.1. The van der Waals surface area contributed by atoms with Crippen LogP contribution < -0.4 is 10.6 Å². The number of aromatic nitrogens is 2. The Labute approximate surface area is 189 Å². The van der Waals surface area contributed by atoms with Crippen molar-refractivity contribution in [3.8, 4) is 0 Å². The summed E-state index contributed by atoms with van der Waals surface area (Å²) in [5, 5.41) is 10.5. The molecule has 174 valence electrons. The molecule has 2 aliphatic carbocycles. The maximum Gasteiger partial charge on any atom is 0.273 e. The topological polar surface area (TPSA) is 96.3 Å². The van der Waals surface area contributed by atoms with Crippen molar-refractivity contribution in [2.45, 2.75) is 89.8 Å². The molecule has 8 heteroatoms. The molecule has 1 unspecified atom stereocenters. The molecule has 32 heavy (non-hydrogen) atoms. The second kappa shape index (κ2) is 9.46. The van der Waals surface area contributed by atoms with Crippen molar-refractivity contribution in [3.05, 3.63) is 29.1 Å². The van der Waals surface area contributed by atoms with E-state index in [2.05, 4.69) is 21.8 Å². The van der Waals surface area contributed by atoms with Crippen LogP contribution in [0.3, 0.4) is 0 Å². The molecule has 0 aromatic carbocycles. The molecule has 1 aromatic rings. The maximum absolute atomic E-state index is 13.2. The molecule has 2 heterocycles. The zero-order chi connectivity index (χ0) is 22.7. The molecule has 3 amide bonds. The highest BCUT2D eigenvalue weighted by Crippen LogP contribution is 2.28. The van der Waals surface area contributed by atoms with Crippen LogP contribution in [0, 0.1) is 0 Å². The summed E-state index contributed by atoms with van der Waals surface area (Å²) in [5.74, 6) is -0.689. The van der Waals surface area contributed by atoms with E-state index < -0.39 is 5.54 Å². The van der Waals surface area contributed by atoms with Gasteiger partial charge < -0.3 is 15.5 Å². The van der Waals surface area contributed by atoms with E-state index in [0.717, 1.165) is 44.9 Å². The molecule has 1 atom stereocenters. The Morgan fingerprint density at radius 2 is 2.00 bits per heavy atom. The predicted molar refractivity (Wildman–Crippen MR) is 121 cm³/mol. The van der Waals surface area contributed by atoms with Crippen LogP contribution in [0.4, 0.5) is 0 Å². The van der Waals surface area contributed by atoms with Crippen LogP contribution in [0.1, 0.15) is 92.6 Å². The van der Waals surface area contributed by atoms with Gasteiger partial charge in [-0.05, 0) is 58.8 Å². The van der Waals surface area contributed by atoms with Crippen molar-refractivity contribution >= 4 is 17.7 Å². The summed E-state index contributed by atoms with van der Waals surface area (Å²) in [4.78, 5) is 40.7. The predicted octanol–water partition coefficient (Wildman–Crippen LogP) is 2.80. The van der Waals surface area contributed by atoms with Gasteiger partial charge in [0.05, 0.1) is 6.54 Å². The summed E-state index contributed by atoms with van der Waals surface area (Å²) >= 11 is 0. The van der Waals surface area contributed by atoms with Gasteiger partial charge in [0.15, 0.2) is 5.69 Å². The Bertz CT molecular complexity index is 915. The number of amides is 3. The van der Waals surface area contributed by atoms with Gasteiger partial charge in [0, 0.05) is 25.2 Å². The molecule has 1 aromatic heterocycles. The number of likely N-dealkylation sites (N-methyl/N-ethyl adjacent to an activating group) is 1. The van der Waals surface area contributed by atoms with Crippen molar-refractivity contribution in [3.63, 3.8) is 0 Å². The molecule has 0 bridgehead atoms. The van der Waals surface area contributed by atoms with E-state index in [4.69, 9.17) is 0 Å². The van der Waals surface area contributed by atoms with Gasteiger partial charge in [-0.1, -0.05) is 24.5 Å². The standard InChI is InChI=1S/C24H35N5O3/c1-3-28-22(31)20-15-19(21(30)25-14-13-17-9-5-4-6-10-17)27-29(20)16-24(28,2)23(32)26-18-11-7-8-12-18/h9,15,18H,3-8,10-14,16H2,1-2H3,(H,25,30)(H,26,32). The minimum Gasteiger partial charge on any atom is -0.351 e. The Balaban J connectivity index is 1.45. The van der Waals surface area contributed by atoms with Gasteiger partial charge in [0.2, 0.25) is 5.91 Å². The molecule has 0 saturated heterocycles. The van der Waals surface area contributed by atoms with E-state index in [1.807, 2.05) is 6.92 Å². The number of allylic oxidation sites excluding steroid dienone is 1. The zero-order valence-electron chi connectivity index (χ0n) is 19.3. The van der Waals surface area contributed by atoms with Gasteiger partial charge in [-0.2, -0.15) is 5.10 Å². The molecular weight excluding hydrogens is 406 g/mol. The average Bonchev–Trinajstić information content (AvgIpc) is 3.44. The van der Waals surface area contributed by atoms with Gasteiger partial charge in [-0.15, -0.1) is 0 Å². The van der Waals surface area contributed by atoms with Crippen LogP contribution in [0.5, 0.6) is 0 Å². The molecule has 0 radical (unpaired) electrons. The van der Waals surface area contributed by atoms with Crippen LogP contribution >= 0.6 is 0 Å². The fraction of sp³-hybridized carbons (Fsp3) is 0.667. The van der Waals surface area contributed by atoms with E-state index in [1.54, 1.807) is 17.9 Å². The largest absolute Gasteiger partial charge is 0.351 e. The van der Waals surface area contributed by atoms with Crippen molar-refractivity contribution in [1.82, 2.24) is 25.3 Å². The third-order valence-electron chi connectivity index (χ3n) is 7.14. The summed E-state index contributed by atoms with van der Waals surface area (Å²) in [6, 6.07) is 1.72. The molecule has 1 saturated carbocycles. The van der Waals surface area contributed by atoms with Crippen LogP contribution in [0.2, 0.25) is 0 Å². The van der Waals surface area contributed by atoms with Crippen LogP contribution in [0.15, 0.2) is 17.7 Å². The summed E-state index contributed by atoms with van der Waals surface area (Å²) in [5.41, 5.74) is 0.952. The van der Waals surface area contributed by atoms with Crippen molar-refractivity contribution in [1.29, 1.82) is 0 Å². The number of nitrogens with one attached hydrogen (secondary N) is 2. The van der Waals surface area contributed by atoms with Crippen molar-refractivity contribution in [2.75, 3.05) is 13.1 Å². The van der Waals surface area contributed by atoms with E-state index >= 15 is 0 Å². The zero-order valence-corrected chi connectivity index (χ0v) is 19.3. The summed E-state index contributed by atoms with van der Waals surface area (Å²) in [7, 11) is 0. The molecule has 8 nitrogen and oxygen atoms in total. The highest BCUT2D eigenvalue weighted by molar-refractivity contribution is 6.01. The highest BCUT2D eigenvalue weighted by atomic mass is 16.2. The lowest BCUT2D eigenvalue weighted by atomic mass is 9.94. The number of carbonyl (C=O) groups is 3. The molecular formula is C24H35N5O3. The fourth-order valence-electron chi connectivity index (χ4n) is 5.22. The number of nitrogens with zero attached hydrogens (tertiary/aromatic N) is 3. The maximum atomic E-state index is 13.2. The Hall–Kier alpha value is -2.64. The second-order valence-electron chi connectivity index (χ2n) is 9.46. The van der Waals surface area contributed by atoms with Crippen LogP contribution in [0.25, 0.3) is 0 Å². The Morgan fingerprint density at radius 3 is 2.69 bits per heavy atom. The monoisotopic (exact) mass is 441 g/mol. The van der Waals surface area contributed by atoms with Crippen molar-refractivity contribution in [2.24, 2.45) is 0 Å². The molecule has 4 rings (SSSR count). The first-order valence-corrected chi connectivity index (χ1v) is 12.1. The van der Waals surface area contributed by atoms with Gasteiger partial charge >= 0.3 is 0 Å². The lowest BCUT2D eigenvalue weighted by Gasteiger charge is -2.43. The van der Waals surface area contributed by atoms with Crippen molar-refractivity contribution < 1.29 is 14.4 Å². The molecule has 1 fully saturated rings. The first-order chi connectivity index (χ1) is 15.4. The summed E-state index contributed by atoms with van der Waals surface area (Å²) < 4.78 is 1.53. The number of fused-ring (bicyclic) bond motifs is 1. The minimum absolute atomic E-state index is 0.146. The smallest absolute Gasteiger partial charge is 0.273 e. The lowest BCUT2D eigenvalue weighted by molar-refractivity contribution is -0.133. The van der Waals surface area contributed by atoms with Gasteiger partial charge in [0.25, 0.3) is 11.8 Å². The number of hydrogen-bond donors (Lipinski definition) is 2. The quantitative estimate of drug-likeness (QED) is 0.636. The summed E-state index contributed by atoms with van der Waals surface area (Å²) in [6.07, 6.45) is 12.0. The molecule has 2 N–H and O–H groups in total. The van der Waals surface area contributed by atoms with Gasteiger partial charge in [-0.25, -0.2) is 0 Å². The number of carbonyl (C=O) groups excluding carboxylic acids is 3. The highest BCUT2D eigenvalue weighted by Gasteiger charge is 2.48. The Morgan fingerprint density at radius 1 is 1.22 bits per heavy atom. The van der Waals surface area contributed by atoms with Crippen LogP contribution in [-0.4, -0.2) is 57.1 Å². The lowest BCUT2D eigenvalue weighted by Crippen LogP contribution is -2.64. The number of hydrogen-bond acceptors (Lipinski definition) is 4. The fourth-order valence-corrected chi connectivity index (χ4v) is 5.22. The average molecular weight is 442 g/mol. The Kier molecular flexibility index (Phi) is 6.67. The normalized spacial score (nSPS) is 23.6. The first kappa shape index (κ1) is 22.6. The molecule has 3 aliphatic rings. The van der Waals surface area contributed by atoms with E-state index in [-0.39, 0.29) is 36.0 Å². The van der Waals surface area contributed by atoms with E-state index in [9.17, 15) is 14.4 Å². The minimum atomic E-state index is -1.03. The van der Waals surface area contributed by atoms with Crippen LogP contribution in [-0.2, 0) is 11.3 Å². The van der Waals surface area contributed by atoms with E-state index in [0.29, 0.717) is 18.8 Å².